The Kier molecular flexibility index (Phi) is 5.89. The fourth-order valence-electron chi connectivity index (χ4n) is 1.37. The number of hydrogen-bond donors (Lipinski definition) is 3. The average Bonchev–Trinajstić information content (AvgIpc) is 2.33. The molecular formula is C9H15BrN4O4S2. The maximum Gasteiger partial charge on any atom is 0.244 e. The molecule has 1 rings (SSSR count). The van der Waals surface area contributed by atoms with Crippen LogP contribution in [0, 0.1) is 0 Å². The maximum atomic E-state index is 12.1. The van der Waals surface area contributed by atoms with Gasteiger partial charge in [0.05, 0.1) is 5.75 Å². The molecule has 0 aliphatic heterocycles. The molecule has 20 heavy (non-hydrogen) atoms. The molecule has 0 bridgehead atoms. The third kappa shape index (κ3) is 5.32. The van der Waals surface area contributed by atoms with Gasteiger partial charge in [-0.3, -0.25) is 0 Å². The molecule has 0 radical (unpaired) electrons. The van der Waals surface area contributed by atoms with Crippen molar-refractivity contribution >= 4 is 41.8 Å². The van der Waals surface area contributed by atoms with E-state index in [9.17, 15) is 16.8 Å². The van der Waals surface area contributed by atoms with E-state index in [4.69, 9.17) is 5.14 Å². The number of halogens is 1. The second-order valence-corrected chi connectivity index (χ2v) is 8.25. The smallest absolute Gasteiger partial charge is 0.244 e. The predicted octanol–water partition coefficient (Wildman–Crippen LogP) is -0.157. The first kappa shape index (κ1) is 17.3. The molecular weight excluding hydrogens is 372 g/mol. The third-order valence-electron chi connectivity index (χ3n) is 2.24. The molecule has 0 aliphatic rings. The highest BCUT2D eigenvalue weighted by Gasteiger charge is 2.19. The van der Waals surface area contributed by atoms with Gasteiger partial charge in [0.2, 0.25) is 20.0 Å². The Hall–Kier alpha value is -0.750. The largest absolute Gasteiger partial charge is 0.372 e. The van der Waals surface area contributed by atoms with E-state index < -0.39 is 20.0 Å². The van der Waals surface area contributed by atoms with Gasteiger partial charge in [0.15, 0.2) is 0 Å². The number of hydrogen-bond acceptors (Lipinski definition) is 6. The van der Waals surface area contributed by atoms with Crippen molar-refractivity contribution in [1.82, 2.24) is 9.71 Å². The van der Waals surface area contributed by atoms with Gasteiger partial charge >= 0.3 is 0 Å². The number of primary sulfonamides is 1. The highest BCUT2D eigenvalue weighted by Crippen LogP contribution is 2.22. The molecule has 1 aromatic rings. The number of pyridine rings is 1. The number of nitrogens with two attached hydrogens (primary N) is 1. The molecule has 0 aromatic carbocycles. The van der Waals surface area contributed by atoms with E-state index in [1.54, 1.807) is 7.05 Å². The molecule has 4 N–H and O–H groups in total. The molecule has 0 saturated heterocycles. The SMILES string of the molecule is CNc1ncc(Br)cc1S(=O)(=O)NCCCS(N)(=O)=O. The second kappa shape index (κ2) is 6.80. The first-order chi connectivity index (χ1) is 9.15. The molecule has 0 unspecified atom stereocenters. The summed E-state index contributed by atoms with van der Waals surface area (Å²) in [4.78, 5) is 3.91. The zero-order chi connectivity index (χ0) is 15.4. The maximum absolute atomic E-state index is 12.1. The average molecular weight is 387 g/mol. The summed E-state index contributed by atoms with van der Waals surface area (Å²) in [5, 5.41) is 7.51. The summed E-state index contributed by atoms with van der Waals surface area (Å²) < 4.78 is 48.5. The minimum atomic E-state index is -3.78. The van der Waals surface area contributed by atoms with Crippen molar-refractivity contribution in [2.75, 3.05) is 24.7 Å². The van der Waals surface area contributed by atoms with Crippen LogP contribution < -0.4 is 15.2 Å². The van der Waals surface area contributed by atoms with E-state index in [-0.39, 0.29) is 29.4 Å². The van der Waals surface area contributed by atoms with Crippen LogP contribution in [0.1, 0.15) is 6.42 Å². The van der Waals surface area contributed by atoms with Crippen LogP contribution >= 0.6 is 15.9 Å². The van der Waals surface area contributed by atoms with Gasteiger partial charge in [-0.1, -0.05) is 0 Å². The summed E-state index contributed by atoms with van der Waals surface area (Å²) in [7, 11) is -5.83. The molecule has 8 nitrogen and oxygen atoms in total. The predicted molar refractivity (Wildman–Crippen MR) is 79.3 cm³/mol. The molecule has 0 spiro atoms. The van der Waals surface area contributed by atoms with Crippen molar-refractivity contribution in [2.24, 2.45) is 5.14 Å². The molecule has 11 heteroatoms. The van der Waals surface area contributed by atoms with Crippen LogP contribution in [0.4, 0.5) is 5.82 Å². The summed E-state index contributed by atoms with van der Waals surface area (Å²) in [6.45, 7) is -0.0333. The van der Waals surface area contributed by atoms with Crippen LogP contribution in [-0.2, 0) is 20.0 Å². The molecule has 0 fully saturated rings. The Morgan fingerprint density at radius 2 is 2.00 bits per heavy atom. The molecule has 0 atom stereocenters. The first-order valence-corrected chi connectivity index (χ1v) is 9.48. The van der Waals surface area contributed by atoms with Crippen molar-refractivity contribution in [3.05, 3.63) is 16.7 Å². The molecule has 1 aromatic heterocycles. The van der Waals surface area contributed by atoms with Gasteiger partial charge in [0.1, 0.15) is 10.7 Å². The first-order valence-electron chi connectivity index (χ1n) is 5.49. The minimum Gasteiger partial charge on any atom is -0.372 e. The van der Waals surface area contributed by atoms with Gasteiger partial charge in [-0.15, -0.1) is 0 Å². The van der Waals surface area contributed by atoms with E-state index in [2.05, 4.69) is 31.0 Å². The van der Waals surface area contributed by atoms with Crippen molar-refractivity contribution in [3.63, 3.8) is 0 Å². The summed E-state index contributed by atoms with van der Waals surface area (Å²) in [5.74, 6) is -0.0855. The lowest BCUT2D eigenvalue weighted by atomic mass is 10.4. The normalized spacial score (nSPS) is 12.3. The fourth-order valence-corrected chi connectivity index (χ4v) is 3.66. The quantitative estimate of drug-likeness (QED) is 0.558. The summed E-state index contributed by atoms with van der Waals surface area (Å²) >= 11 is 3.15. The number of aromatic nitrogens is 1. The van der Waals surface area contributed by atoms with Crippen LogP contribution in [0.5, 0.6) is 0 Å². The lowest BCUT2D eigenvalue weighted by Crippen LogP contribution is -2.28. The van der Waals surface area contributed by atoms with Gasteiger partial charge in [-0.25, -0.2) is 31.7 Å². The zero-order valence-electron chi connectivity index (χ0n) is 10.6. The van der Waals surface area contributed by atoms with Gasteiger partial charge in [0, 0.05) is 24.3 Å². The fraction of sp³-hybridized carbons (Fsp3) is 0.444. The van der Waals surface area contributed by atoms with Crippen LogP contribution in [0.2, 0.25) is 0 Å². The number of rotatable bonds is 7. The summed E-state index contributed by atoms with van der Waals surface area (Å²) in [6.07, 6.45) is 1.56. The van der Waals surface area contributed by atoms with Crippen molar-refractivity contribution in [1.29, 1.82) is 0 Å². The van der Waals surface area contributed by atoms with Gasteiger partial charge < -0.3 is 5.32 Å². The van der Waals surface area contributed by atoms with Gasteiger partial charge in [0.25, 0.3) is 0 Å². The monoisotopic (exact) mass is 386 g/mol. The van der Waals surface area contributed by atoms with Crippen LogP contribution in [0.3, 0.4) is 0 Å². The number of nitrogens with one attached hydrogen (secondary N) is 2. The van der Waals surface area contributed by atoms with Crippen molar-refractivity contribution in [2.45, 2.75) is 11.3 Å². The Bertz CT molecular complexity index is 675. The number of nitrogens with zero attached hydrogens (tertiary/aromatic N) is 1. The zero-order valence-corrected chi connectivity index (χ0v) is 13.8. The highest BCUT2D eigenvalue weighted by molar-refractivity contribution is 9.10. The van der Waals surface area contributed by atoms with Gasteiger partial charge in [-0.05, 0) is 28.4 Å². The van der Waals surface area contributed by atoms with Crippen LogP contribution in [-0.4, -0.2) is 41.2 Å². The Balaban J connectivity index is 2.81. The third-order valence-corrected chi connectivity index (χ3v) is 5.01. The summed E-state index contributed by atoms with van der Waals surface area (Å²) in [5.41, 5.74) is 0. The van der Waals surface area contributed by atoms with E-state index in [0.717, 1.165) is 0 Å². The molecule has 1 heterocycles. The second-order valence-electron chi connectivity index (χ2n) is 3.87. The number of anilines is 1. The standard InChI is InChI=1S/C9H15BrN4O4S2/c1-12-9-8(5-7(10)6-13-9)20(17,18)14-3-2-4-19(11,15)16/h5-6,14H,2-4H2,1H3,(H,12,13)(H2,11,15,16). The van der Waals surface area contributed by atoms with E-state index >= 15 is 0 Å². The Morgan fingerprint density at radius 1 is 1.35 bits per heavy atom. The molecule has 0 aliphatic carbocycles. The van der Waals surface area contributed by atoms with E-state index in [1.807, 2.05) is 0 Å². The Labute approximate surface area is 126 Å². The van der Waals surface area contributed by atoms with Crippen molar-refractivity contribution < 1.29 is 16.8 Å². The highest BCUT2D eigenvalue weighted by atomic mass is 79.9. The minimum absolute atomic E-state index is 0.0232. The number of sulfonamides is 2. The van der Waals surface area contributed by atoms with E-state index in [1.165, 1.54) is 12.3 Å². The lowest BCUT2D eigenvalue weighted by Gasteiger charge is -2.10. The molecule has 0 amide bonds. The molecule has 114 valence electrons. The van der Waals surface area contributed by atoms with Crippen LogP contribution in [0.25, 0.3) is 0 Å². The topological polar surface area (TPSA) is 131 Å². The van der Waals surface area contributed by atoms with Crippen molar-refractivity contribution in [3.8, 4) is 0 Å². The van der Waals surface area contributed by atoms with Crippen LogP contribution in [0.15, 0.2) is 21.6 Å². The Morgan fingerprint density at radius 3 is 2.55 bits per heavy atom. The van der Waals surface area contributed by atoms with Gasteiger partial charge in [-0.2, -0.15) is 0 Å². The molecule has 0 saturated carbocycles. The summed E-state index contributed by atoms with van der Waals surface area (Å²) in [6, 6.07) is 1.40. The lowest BCUT2D eigenvalue weighted by molar-refractivity contribution is 0.576. The van der Waals surface area contributed by atoms with E-state index in [0.29, 0.717) is 4.47 Å².